The van der Waals surface area contributed by atoms with Gasteiger partial charge in [0.25, 0.3) is 0 Å². The summed E-state index contributed by atoms with van der Waals surface area (Å²) in [7, 11) is 0. The topological polar surface area (TPSA) is 78.1 Å². The Morgan fingerprint density at radius 2 is 2.17 bits per heavy atom. The number of amides is 1. The van der Waals surface area contributed by atoms with Crippen LogP contribution in [0, 0.1) is 11.3 Å². The monoisotopic (exact) mass is 318 g/mol. The number of fused-ring (bicyclic) bond motifs is 1. The van der Waals surface area contributed by atoms with Crippen LogP contribution in [0.1, 0.15) is 41.8 Å². The summed E-state index contributed by atoms with van der Waals surface area (Å²) in [5.41, 5.74) is 4.54. The van der Waals surface area contributed by atoms with Crippen molar-refractivity contribution in [1.29, 1.82) is 5.26 Å². The molecule has 1 N–H and O–H groups in total. The van der Waals surface area contributed by atoms with Crippen LogP contribution in [0.25, 0.3) is 0 Å². The highest BCUT2D eigenvalue weighted by molar-refractivity contribution is 6.04. The van der Waals surface area contributed by atoms with Gasteiger partial charge in [-0.05, 0) is 24.1 Å². The van der Waals surface area contributed by atoms with E-state index in [4.69, 9.17) is 5.26 Å². The lowest BCUT2D eigenvalue weighted by molar-refractivity contribution is -0.121. The average molecular weight is 318 g/mol. The number of aliphatic imine (C=N–C) groups is 1. The van der Waals surface area contributed by atoms with Gasteiger partial charge in [-0.1, -0.05) is 30.3 Å². The third-order valence-electron chi connectivity index (χ3n) is 4.06. The molecule has 0 fully saturated rings. The first-order chi connectivity index (χ1) is 11.7. The van der Waals surface area contributed by atoms with Gasteiger partial charge in [-0.2, -0.15) is 5.26 Å². The van der Waals surface area contributed by atoms with Crippen LogP contribution in [0.5, 0.6) is 0 Å². The maximum absolute atomic E-state index is 12.2. The van der Waals surface area contributed by atoms with Crippen LogP contribution in [-0.4, -0.2) is 16.6 Å². The zero-order valence-corrected chi connectivity index (χ0v) is 13.5. The van der Waals surface area contributed by atoms with Crippen LogP contribution < -0.4 is 5.32 Å². The Labute approximate surface area is 141 Å². The molecule has 0 spiro atoms. The highest BCUT2D eigenvalue weighted by Crippen LogP contribution is 2.20. The van der Waals surface area contributed by atoms with Gasteiger partial charge >= 0.3 is 0 Å². The third kappa shape index (κ3) is 3.49. The van der Waals surface area contributed by atoms with E-state index in [9.17, 15) is 4.79 Å². The van der Waals surface area contributed by atoms with Crippen molar-refractivity contribution in [3.8, 4) is 6.07 Å². The molecule has 1 aromatic heterocycles. The van der Waals surface area contributed by atoms with Crippen molar-refractivity contribution in [2.24, 2.45) is 4.99 Å². The predicted octanol–water partition coefficient (Wildman–Crippen LogP) is 2.72. The summed E-state index contributed by atoms with van der Waals surface area (Å²) >= 11 is 0. The molecule has 1 amide bonds. The Bertz CT molecular complexity index is 821. The molecule has 1 atom stereocenters. The third-order valence-corrected chi connectivity index (χ3v) is 4.06. The van der Waals surface area contributed by atoms with E-state index < -0.39 is 0 Å². The normalized spacial score (nSPS) is 13.6. The van der Waals surface area contributed by atoms with E-state index >= 15 is 0 Å². The molecule has 24 heavy (non-hydrogen) atoms. The van der Waals surface area contributed by atoms with Crippen molar-refractivity contribution in [3.63, 3.8) is 0 Å². The number of nitriles is 1. The van der Waals surface area contributed by atoms with E-state index in [0.29, 0.717) is 13.0 Å². The molecule has 1 aromatic carbocycles. The minimum absolute atomic E-state index is 0.0429. The second kappa shape index (κ2) is 7.05. The summed E-state index contributed by atoms with van der Waals surface area (Å²) in [5, 5.41) is 11.8. The van der Waals surface area contributed by atoms with E-state index in [1.165, 1.54) is 0 Å². The van der Waals surface area contributed by atoms with Gasteiger partial charge in [-0.25, -0.2) is 0 Å². The van der Waals surface area contributed by atoms with Gasteiger partial charge < -0.3 is 5.32 Å². The molecular formula is C19H18N4O. The second-order valence-corrected chi connectivity index (χ2v) is 5.81. The zero-order chi connectivity index (χ0) is 16.9. The number of carbonyl (C=O) groups is 1. The van der Waals surface area contributed by atoms with Crippen molar-refractivity contribution in [3.05, 3.63) is 65.0 Å². The van der Waals surface area contributed by atoms with Gasteiger partial charge in [0.05, 0.1) is 42.9 Å². The number of hydrogen-bond donors (Lipinski definition) is 1. The van der Waals surface area contributed by atoms with E-state index in [1.54, 1.807) is 6.20 Å². The Morgan fingerprint density at radius 1 is 1.38 bits per heavy atom. The van der Waals surface area contributed by atoms with Gasteiger partial charge in [-0.3, -0.25) is 14.8 Å². The molecule has 5 heteroatoms. The molecule has 0 saturated heterocycles. The standard InChI is InChI=1S/C19H18N4O/c1-13(14-5-3-2-4-6-14)23-19(24)10-16-9-15-11-22-18(7-8-20)17(15)12-21-16/h2-6,9,12-13H,7,10-11H2,1H3,(H,23,24)/t13-/m1/s1. The van der Waals surface area contributed by atoms with E-state index in [0.717, 1.165) is 28.1 Å². The molecule has 2 heterocycles. The summed E-state index contributed by atoms with van der Waals surface area (Å²) in [5.74, 6) is -0.0602. The molecule has 0 unspecified atom stereocenters. The number of pyridine rings is 1. The average Bonchev–Trinajstić information content (AvgIpc) is 2.98. The summed E-state index contributed by atoms with van der Waals surface area (Å²) in [6.45, 7) is 2.52. The summed E-state index contributed by atoms with van der Waals surface area (Å²) in [6, 6.07) is 13.8. The second-order valence-electron chi connectivity index (χ2n) is 5.81. The highest BCUT2D eigenvalue weighted by atomic mass is 16.1. The van der Waals surface area contributed by atoms with Crippen LogP contribution in [0.4, 0.5) is 0 Å². The molecule has 1 aliphatic heterocycles. The van der Waals surface area contributed by atoms with E-state index in [2.05, 4.69) is 21.4 Å². The summed E-state index contributed by atoms with van der Waals surface area (Å²) in [6.07, 6.45) is 2.25. The lowest BCUT2D eigenvalue weighted by Crippen LogP contribution is -2.28. The first-order valence-electron chi connectivity index (χ1n) is 7.90. The highest BCUT2D eigenvalue weighted by Gasteiger charge is 2.18. The molecule has 120 valence electrons. The van der Waals surface area contributed by atoms with E-state index in [1.807, 2.05) is 43.3 Å². The lowest BCUT2D eigenvalue weighted by Gasteiger charge is -2.14. The number of nitrogens with one attached hydrogen (secondary N) is 1. The van der Waals surface area contributed by atoms with E-state index in [-0.39, 0.29) is 18.4 Å². The minimum atomic E-state index is -0.0602. The molecule has 2 aromatic rings. The van der Waals surface area contributed by atoms with Crippen molar-refractivity contribution in [2.45, 2.75) is 32.4 Å². The summed E-state index contributed by atoms with van der Waals surface area (Å²) < 4.78 is 0. The van der Waals surface area contributed by atoms with Crippen LogP contribution in [0.2, 0.25) is 0 Å². The SMILES string of the molecule is C[C@@H](NC(=O)Cc1cc2c(cn1)C(CC#N)=NC2)c1ccccc1. The first-order valence-corrected chi connectivity index (χ1v) is 7.90. The molecule has 0 aliphatic carbocycles. The summed E-state index contributed by atoms with van der Waals surface area (Å²) in [4.78, 5) is 20.9. The maximum Gasteiger partial charge on any atom is 0.226 e. The van der Waals surface area contributed by atoms with Crippen molar-refractivity contribution in [1.82, 2.24) is 10.3 Å². The fourth-order valence-electron chi connectivity index (χ4n) is 2.81. The van der Waals surface area contributed by atoms with Crippen LogP contribution >= 0.6 is 0 Å². The molecule has 0 saturated carbocycles. The lowest BCUT2D eigenvalue weighted by atomic mass is 10.0. The first kappa shape index (κ1) is 15.9. The van der Waals surface area contributed by atoms with Gasteiger partial charge in [-0.15, -0.1) is 0 Å². The largest absolute Gasteiger partial charge is 0.349 e. The van der Waals surface area contributed by atoms with Crippen molar-refractivity contribution >= 4 is 11.6 Å². The zero-order valence-electron chi connectivity index (χ0n) is 13.5. The number of rotatable bonds is 5. The number of aromatic nitrogens is 1. The van der Waals surface area contributed by atoms with Gasteiger partial charge in [0.15, 0.2) is 0 Å². The van der Waals surface area contributed by atoms with Crippen LogP contribution in [0.15, 0.2) is 47.6 Å². The smallest absolute Gasteiger partial charge is 0.226 e. The van der Waals surface area contributed by atoms with Gasteiger partial charge in [0, 0.05) is 11.8 Å². The van der Waals surface area contributed by atoms with Crippen LogP contribution in [-0.2, 0) is 17.8 Å². The fourth-order valence-corrected chi connectivity index (χ4v) is 2.81. The number of hydrogen-bond acceptors (Lipinski definition) is 4. The molecular weight excluding hydrogens is 300 g/mol. The molecule has 1 aliphatic rings. The maximum atomic E-state index is 12.2. The predicted molar refractivity (Wildman–Crippen MR) is 91.4 cm³/mol. The Kier molecular flexibility index (Phi) is 4.66. The van der Waals surface area contributed by atoms with Crippen molar-refractivity contribution in [2.75, 3.05) is 0 Å². The molecule has 0 radical (unpaired) electrons. The molecule has 0 bridgehead atoms. The number of carbonyl (C=O) groups excluding carboxylic acids is 1. The Hall–Kier alpha value is -3.00. The van der Waals surface area contributed by atoms with Gasteiger partial charge in [0.2, 0.25) is 5.91 Å². The Balaban J connectivity index is 1.63. The van der Waals surface area contributed by atoms with Gasteiger partial charge in [0.1, 0.15) is 0 Å². The van der Waals surface area contributed by atoms with Crippen molar-refractivity contribution < 1.29 is 4.79 Å². The quantitative estimate of drug-likeness (QED) is 0.920. The minimum Gasteiger partial charge on any atom is -0.349 e. The van der Waals surface area contributed by atoms with Crippen LogP contribution in [0.3, 0.4) is 0 Å². The number of nitrogens with zero attached hydrogens (tertiary/aromatic N) is 3. The number of benzene rings is 1. The fraction of sp³-hybridized carbons (Fsp3) is 0.263. The Morgan fingerprint density at radius 3 is 2.92 bits per heavy atom. The molecule has 5 nitrogen and oxygen atoms in total. The molecule has 3 rings (SSSR count).